The number of nitrogens with one attached hydrogen (secondary N) is 1. The van der Waals surface area contributed by atoms with Crippen molar-refractivity contribution in [1.82, 2.24) is 0 Å². The summed E-state index contributed by atoms with van der Waals surface area (Å²) in [6, 6.07) is 22.8. The molecule has 0 aliphatic carbocycles. The zero-order chi connectivity index (χ0) is 24.9. The Morgan fingerprint density at radius 2 is 1.26 bits per heavy atom. The van der Waals surface area contributed by atoms with Crippen LogP contribution in [0.2, 0.25) is 0 Å². The maximum Gasteiger partial charge on any atom is 0.123 e. The van der Waals surface area contributed by atoms with Crippen LogP contribution in [-0.2, 0) is 0 Å². The second kappa shape index (κ2) is 11.1. The summed E-state index contributed by atoms with van der Waals surface area (Å²) in [6.07, 6.45) is 1.92. The van der Waals surface area contributed by atoms with Crippen LogP contribution in [0.15, 0.2) is 87.7 Å². The molecule has 0 aliphatic rings. The standard InChI is InChI=1S/C29H30N2O2S2/c1-18(2)34-28(17-30-24-13-5-11-22-20(24)9-7-15-26(22)32)29(35-19(3)4)31-25-14-6-12-23-21(25)10-8-16-27(23)33/h5-19,31-33H,1-4H3/b29-28-,30-17?. The Kier molecular flexibility index (Phi) is 7.93. The lowest BCUT2D eigenvalue weighted by Gasteiger charge is -2.19. The molecule has 4 aromatic carbocycles. The molecule has 0 radical (unpaired) electrons. The average Bonchev–Trinajstić information content (AvgIpc) is 2.82. The number of thioether (sulfide) groups is 2. The number of rotatable bonds is 8. The van der Waals surface area contributed by atoms with Crippen LogP contribution in [-0.4, -0.2) is 26.9 Å². The number of phenols is 2. The summed E-state index contributed by atoms with van der Waals surface area (Å²) in [5, 5.41) is 29.4. The molecular formula is C29H30N2O2S2. The van der Waals surface area contributed by atoms with Crippen LogP contribution in [0, 0.1) is 0 Å². The van der Waals surface area contributed by atoms with Gasteiger partial charge in [0.2, 0.25) is 0 Å². The molecular weight excluding hydrogens is 472 g/mol. The molecule has 35 heavy (non-hydrogen) atoms. The second-order valence-electron chi connectivity index (χ2n) is 8.74. The maximum absolute atomic E-state index is 10.3. The van der Waals surface area contributed by atoms with Crippen molar-refractivity contribution in [2.24, 2.45) is 4.99 Å². The smallest absolute Gasteiger partial charge is 0.123 e. The highest BCUT2D eigenvalue weighted by molar-refractivity contribution is 8.07. The van der Waals surface area contributed by atoms with Crippen LogP contribution < -0.4 is 5.32 Å². The van der Waals surface area contributed by atoms with Gasteiger partial charge in [0.15, 0.2) is 0 Å². The number of fused-ring (bicyclic) bond motifs is 2. The monoisotopic (exact) mass is 502 g/mol. The molecule has 0 amide bonds. The lowest BCUT2D eigenvalue weighted by molar-refractivity contribution is 0.481. The Balaban J connectivity index is 1.81. The minimum atomic E-state index is 0.254. The highest BCUT2D eigenvalue weighted by Gasteiger charge is 2.14. The van der Waals surface area contributed by atoms with Gasteiger partial charge in [0.05, 0.1) is 15.6 Å². The highest BCUT2D eigenvalue weighted by Crippen LogP contribution is 2.37. The molecule has 4 nitrogen and oxygen atoms in total. The third-order valence-corrected chi connectivity index (χ3v) is 7.48. The summed E-state index contributed by atoms with van der Waals surface area (Å²) in [7, 11) is 0. The van der Waals surface area contributed by atoms with Crippen LogP contribution in [0.4, 0.5) is 11.4 Å². The van der Waals surface area contributed by atoms with Crippen LogP contribution in [0.25, 0.3) is 21.5 Å². The van der Waals surface area contributed by atoms with Crippen LogP contribution in [0.3, 0.4) is 0 Å². The third-order valence-electron chi connectivity index (χ3n) is 5.28. The molecule has 0 bridgehead atoms. The van der Waals surface area contributed by atoms with Crippen molar-refractivity contribution in [3.8, 4) is 11.5 Å². The molecule has 0 saturated carbocycles. The fraction of sp³-hybridized carbons (Fsp3) is 0.207. The van der Waals surface area contributed by atoms with Gasteiger partial charge < -0.3 is 15.5 Å². The van der Waals surface area contributed by atoms with E-state index >= 15 is 0 Å². The number of anilines is 1. The van der Waals surface area contributed by atoms with Gasteiger partial charge in [-0.1, -0.05) is 76.2 Å². The molecule has 0 atom stereocenters. The average molecular weight is 503 g/mol. The number of aromatic hydroxyl groups is 2. The number of phenolic OH excluding ortho intramolecular Hbond substituents is 2. The zero-order valence-corrected chi connectivity index (χ0v) is 22.0. The molecule has 0 spiro atoms. The van der Waals surface area contributed by atoms with Crippen molar-refractivity contribution in [2.75, 3.05) is 5.32 Å². The Morgan fingerprint density at radius 3 is 1.91 bits per heavy atom. The van der Waals surface area contributed by atoms with E-state index in [0.717, 1.165) is 42.9 Å². The number of allylic oxidation sites excluding steroid dienone is 1. The molecule has 3 N–H and O–H groups in total. The van der Waals surface area contributed by atoms with Gasteiger partial charge in [-0.05, 0) is 24.3 Å². The van der Waals surface area contributed by atoms with Crippen molar-refractivity contribution in [3.05, 3.63) is 82.7 Å². The van der Waals surface area contributed by atoms with E-state index in [1.165, 1.54) is 0 Å². The summed E-state index contributed by atoms with van der Waals surface area (Å²) >= 11 is 3.51. The first-order valence-corrected chi connectivity index (χ1v) is 13.4. The molecule has 4 aromatic rings. The van der Waals surface area contributed by atoms with E-state index < -0.39 is 0 Å². The van der Waals surface area contributed by atoms with Gasteiger partial charge in [0.1, 0.15) is 11.5 Å². The Bertz CT molecular complexity index is 1410. The summed E-state index contributed by atoms with van der Waals surface area (Å²) in [5.74, 6) is 0.523. The van der Waals surface area contributed by atoms with Gasteiger partial charge in [-0.25, -0.2) is 0 Å². The van der Waals surface area contributed by atoms with E-state index in [9.17, 15) is 10.2 Å². The molecule has 0 unspecified atom stereocenters. The Morgan fingerprint density at radius 1 is 0.714 bits per heavy atom. The Labute approximate surface area is 215 Å². The third kappa shape index (κ3) is 5.95. The van der Waals surface area contributed by atoms with E-state index in [2.05, 4.69) is 33.0 Å². The number of hydrogen-bond donors (Lipinski definition) is 3. The zero-order valence-electron chi connectivity index (χ0n) is 20.3. The molecule has 0 fully saturated rings. The number of aliphatic imine (C=N–C) groups is 1. The summed E-state index contributed by atoms with van der Waals surface area (Å²) < 4.78 is 0. The van der Waals surface area contributed by atoms with Crippen molar-refractivity contribution in [2.45, 2.75) is 38.2 Å². The second-order valence-corrected chi connectivity index (χ2v) is 11.9. The summed E-state index contributed by atoms with van der Waals surface area (Å²) in [4.78, 5) is 5.90. The van der Waals surface area contributed by atoms with Gasteiger partial charge in [0.25, 0.3) is 0 Å². The maximum atomic E-state index is 10.3. The van der Waals surface area contributed by atoms with E-state index in [1.807, 2.05) is 66.9 Å². The molecule has 180 valence electrons. The SMILES string of the molecule is CC(C)S/C(C=Nc1cccc2c(O)cccc12)=C(/Nc1cccc2c(O)cccc12)SC(C)C. The highest BCUT2D eigenvalue weighted by atomic mass is 32.2. The van der Waals surface area contributed by atoms with E-state index in [1.54, 1.807) is 35.7 Å². The fourth-order valence-electron chi connectivity index (χ4n) is 3.82. The quantitative estimate of drug-likeness (QED) is 0.210. The first-order valence-electron chi connectivity index (χ1n) is 11.6. The van der Waals surface area contributed by atoms with E-state index in [4.69, 9.17) is 4.99 Å². The molecule has 0 aliphatic heterocycles. The van der Waals surface area contributed by atoms with E-state index in [0.29, 0.717) is 10.5 Å². The molecule has 6 heteroatoms. The van der Waals surface area contributed by atoms with Crippen LogP contribution in [0.1, 0.15) is 27.7 Å². The van der Waals surface area contributed by atoms with Crippen molar-refractivity contribution in [3.63, 3.8) is 0 Å². The lowest BCUT2D eigenvalue weighted by atomic mass is 10.1. The first kappa shape index (κ1) is 25.0. The van der Waals surface area contributed by atoms with E-state index in [-0.39, 0.29) is 11.5 Å². The van der Waals surface area contributed by atoms with Crippen LogP contribution in [0.5, 0.6) is 11.5 Å². The van der Waals surface area contributed by atoms with Gasteiger partial charge in [-0.3, -0.25) is 4.99 Å². The van der Waals surface area contributed by atoms with Gasteiger partial charge in [-0.2, -0.15) is 0 Å². The number of nitrogens with zero attached hydrogens (tertiary/aromatic N) is 1. The predicted octanol–water partition coefficient (Wildman–Crippen LogP) is 8.67. The number of benzene rings is 4. The fourth-order valence-corrected chi connectivity index (χ4v) is 5.70. The normalized spacial score (nSPS) is 12.7. The van der Waals surface area contributed by atoms with Gasteiger partial charge >= 0.3 is 0 Å². The van der Waals surface area contributed by atoms with Crippen molar-refractivity contribution in [1.29, 1.82) is 0 Å². The minimum absolute atomic E-state index is 0.254. The lowest BCUT2D eigenvalue weighted by Crippen LogP contribution is -2.05. The first-order chi connectivity index (χ1) is 16.8. The van der Waals surface area contributed by atoms with Gasteiger partial charge in [-0.15, -0.1) is 23.5 Å². The Hall–Kier alpha value is -3.09. The molecule has 0 saturated heterocycles. The number of hydrogen-bond acceptors (Lipinski definition) is 6. The molecule has 0 heterocycles. The minimum Gasteiger partial charge on any atom is -0.507 e. The summed E-state index contributed by atoms with van der Waals surface area (Å²) in [5.41, 5.74) is 1.75. The molecule has 4 rings (SSSR count). The van der Waals surface area contributed by atoms with Crippen molar-refractivity contribution < 1.29 is 10.2 Å². The van der Waals surface area contributed by atoms with Crippen LogP contribution >= 0.6 is 23.5 Å². The molecule has 0 aromatic heterocycles. The summed E-state index contributed by atoms with van der Waals surface area (Å²) in [6.45, 7) is 8.68. The predicted molar refractivity (Wildman–Crippen MR) is 155 cm³/mol. The topological polar surface area (TPSA) is 64.9 Å². The van der Waals surface area contributed by atoms with Gasteiger partial charge in [0, 0.05) is 43.9 Å². The largest absolute Gasteiger partial charge is 0.507 e. The van der Waals surface area contributed by atoms with Crippen molar-refractivity contribution >= 4 is 62.7 Å².